The second kappa shape index (κ2) is 7.91. The first-order chi connectivity index (χ1) is 7.56. The van der Waals surface area contributed by atoms with E-state index < -0.39 is 11.9 Å². The number of hydrogen-bond acceptors (Lipinski definition) is 4. The fourth-order valence-corrected chi connectivity index (χ4v) is 1.33. The minimum absolute atomic E-state index is 0.0152. The van der Waals surface area contributed by atoms with Crippen molar-refractivity contribution in [2.75, 3.05) is 14.2 Å². The van der Waals surface area contributed by atoms with E-state index in [4.69, 9.17) is 0 Å². The van der Waals surface area contributed by atoms with Gasteiger partial charge in [0, 0.05) is 5.57 Å². The molecule has 0 amide bonds. The molecule has 0 N–H and O–H groups in total. The molecular weight excluding hydrogens is 208 g/mol. The van der Waals surface area contributed by atoms with Gasteiger partial charge in [-0.1, -0.05) is 18.9 Å². The molecular formula is C12H20O4. The third-order valence-corrected chi connectivity index (χ3v) is 2.40. The van der Waals surface area contributed by atoms with E-state index in [1.165, 1.54) is 14.2 Å². The number of esters is 2. The Morgan fingerprint density at radius 1 is 1.12 bits per heavy atom. The highest BCUT2D eigenvalue weighted by atomic mass is 16.5. The van der Waals surface area contributed by atoms with Gasteiger partial charge in [-0.25, -0.2) is 4.79 Å². The Labute approximate surface area is 96.6 Å². The standard InChI is InChI=1S/C12H20O4/c1-5-6-7-9(2)10(12(14)16-4)8-11(13)15-3/h5-8H2,1-4H3/b10-9+. The molecule has 16 heavy (non-hydrogen) atoms. The van der Waals surface area contributed by atoms with Crippen molar-refractivity contribution in [3.63, 3.8) is 0 Å². The van der Waals surface area contributed by atoms with Crippen LogP contribution >= 0.6 is 0 Å². The van der Waals surface area contributed by atoms with Gasteiger partial charge in [-0.15, -0.1) is 0 Å². The average molecular weight is 228 g/mol. The van der Waals surface area contributed by atoms with E-state index in [-0.39, 0.29) is 6.42 Å². The average Bonchev–Trinajstić information content (AvgIpc) is 2.31. The van der Waals surface area contributed by atoms with Crippen molar-refractivity contribution in [2.24, 2.45) is 0 Å². The Morgan fingerprint density at radius 3 is 2.19 bits per heavy atom. The Morgan fingerprint density at radius 2 is 1.75 bits per heavy atom. The number of rotatable bonds is 6. The molecule has 0 atom stereocenters. The lowest BCUT2D eigenvalue weighted by Crippen LogP contribution is -2.13. The molecule has 0 spiro atoms. The van der Waals surface area contributed by atoms with Gasteiger partial charge in [0.15, 0.2) is 0 Å². The number of carbonyl (C=O) groups excluding carboxylic acids is 2. The number of ether oxygens (including phenoxy) is 2. The van der Waals surface area contributed by atoms with Crippen LogP contribution in [0, 0.1) is 0 Å². The number of unbranched alkanes of at least 4 members (excludes halogenated alkanes) is 1. The summed E-state index contributed by atoms with van der Waals surface area (Å²) in [4.78, 5) is 22.6. The molecule has 0 bridgehead atoms. The van der Waals surface area contributed by atoms with E-state index in [9.17, 15) is 9.59 Å². The van der Waals surface area contributed by atoms with Crippen LogP contribution in [0.1, 0.15) is 39.5 Å². The van der Waals surface area contributed by atoms with E-state index >= 15 is 0 Å². The first-order valence-corrected chi connectivity index (χ1v) is 5.40. The molecule has 0 aromatic carbocycles. The summed E-state index contributed by atoms with van der Waals surface area (Å²) in [5.41, 5.74) is 1.32. The molecule has 4 heteroatoms. The molecule has 0 radical (unpaired) electrons. The predicted octanol–water partition coefficient (Wildman–Crippen LogP) is 2.23. The first-order valence-electron chi connectivity index (χ1n) is 5.40. The maximum absolute atomic E-state index is 11.5. The highest BCUT2D eigenvalue weighted by Gasteiger charge is 2.17. The van der Waals surface area contributed by atoms with E-state index in [1.54, 1.807) is 0 Å². The zero-order valence-corrected chi connectivity index (χ0v) is 10.5. The lowest BCUT2D eigenvalue weighted by atomic mass is 10.0. The third-order valence-electron chi connectivity index (χ3n) is 2.40. The summed E-state index contributed by atoms with van der Waals surface area (Å²) in [6.45, 7) is 3.93. The minimum Gasteiger partial charge on any atom is -0.469 e. The summed E-state index contributed by atoms with van der Waals surface area (Å²) in [6, 6.07) is 0. The second-order valence-corrected chi connectivity index (χ2v) is 3.61. The van der Waals surface area contributed by atoms with Crippen LogP contribution in [0.4, 0.5) is 0 Å². The third kappa shape index (κ3) is 4.96. The van der Waals surface area contributed by atoms with Crippen LogP contribution in [-0.4, -0.2) is 26.2 Å². The maximum Gasteiger partial charge on any atom is 0.334 e. The quantitative estimate of drug-likeness (QED) is 0.516. The van der Waals surface area contributed by atoms with Gasteiger partial charge in [0.05, 0.1) is 20.6 Å². The molecule has 0 aliphatic rings. The zero-order chi connectivity index (χ0) is 12.6. The van der Waals surface area contributed by atoms with Crippen LogP contribution in [0.5, 0.6) is 0 Å². The summed E-state index contributed by atoms with van der Waals surface area (Å²) < 4.78 is 9.20. The van der Waals surface area contributed by atoms with Gasteiger partial charge in [0.1, 0.15) is 0 Å². The van der Waals surface area contributed by atoms with Crippen molar-refractivity contribution in [3.8, 4) is 0 Å². The van der Waals surface area contributed by atoms with Crippen LogP contribution in [0.2, 0.25) is 0 Å². The molecule has 4 nitrogen and oxygen atoms in total. The van der Waals surface area contributed by atoms with E-state index in [0.717, 1.165) is 24.8 Å². The molecule has 0 rings (SSSR count). The topological polar surface area (TPSA) is 52.6 Å². The van der Waals surface area contributed by atoms with Crippen LogP contribution in [0.25, 0.3) is 0 Å². The SMILES string of the molecule is CCCC/C(C)=C(\CC(=O)OC)C(=O)OC. The van der Waals surface area contributed by atoms with Gasteiger partial charge in [-0.2, -0.15) is 0 Å². The van der Waals surface area contributed by atoms with Gasteiger partial charge < -0.3 is 9.47 Å². The van der Waals surface area contributed by atoms with Crippen molar-refractivity contribution in [1.82, 2.24) is 0 Å². The van der Waals surface area contributed by atoms with E-state index in [2.05, 4.69) is 16.4 Å². The summed E-state index contributed by atoms with van der Waals surface area (Å²) >= 11 is 0. The summed E-state index contributed by atoms with van der Waals surface area (Å²) in [5, 5.41) is 0. The molecule has 0 heterocycles. The molecule has 92 valence electrons. The minimum atomic E-state index is -0.445. The normalized spacial score (nSPS) is 11.8. The van der Waals surface area contributed by atoms with Crippen LogP contribution < -0.4 is 0 Å². The molecule has 0 fully saturated rings. The van der Waals surface area contributed by atoms with Gasteiger partial charge in [0.25, 0.3) is 0 Å². The van der Waals surface area contributed by atoms with Crippen molar-refractivity contribution < 1.29 is 19.1 Å². The molecule has 0 aliphatic carbocycles. The van der Waals surface area contributed by atoms with Gasteiger partial charge >= 0.3 is 11.9 Å². The number of hydrogen-bond donors (Lipinski definition) is 0. The highest BCUT2D eigenvalue weighted by molar-refractivity contribution is 5.94. The maximum atomic E-state index is 11.5. The molecule has 0 aromatic rings. The number of allylic oxidation sites excluding steroid dienone is 1. The van der Waals surface area contributed by atoms with Gasteiger partial charge in [-0.3, -0.25) is 4.79 Å². The van der Waals surface area contributed by atoms with Crippen molar-refractivity contribution in [3.05, 3.63) is 11.1 Å². The summed E-state index contributed by atoms with van der Waals surface area (Å²) in [6.07, 6.45) is 2.83. The fraction of sp³-hybridized carbons (Fsp3) is 0.667. The monoisotopic (exact) mass is 228 g/mol. The Bertz CT molecular complexity index is 279. The lowest BCUT2D eigenvalue weighted by molar-refractivity contribution is -0.143. The van der Waals surface area contributed by atoms with Gasteiger partial charge in [0.2, 0.25) is 0 Å². The number of carbonyl (C=O) groups is 2. The predicted molar refractivity (Wildman–Crippen MR) is 60.9 cm³/mol. The Balaban J connectivity index is 4.76. The highest BCUT2D eigenvalue weighted by Crippen LogP contribution is 2.17. The Hall–Kier alpha value is -1.32. The van der Waals surface area contributed by atoms with Crippen LogP contribution in [-0.2, 0) is 19.1 Å². The zero-order valence-electron chi connectivity index (χ0n) is 10.5. The molecule has 0 unspecified atom stereocenters. The largest absolute Gasteiger partial charge is 0.469 e. The van der Waals surface area contributed by atoms with Gasteiger partial charge in [-0.05, 0) is 19.8 Å². The van der Waals surface area contributed by atoms with Crippen LogP contribution in [0.15, 0.2) is 11.1 Å². The van der Waals surface area contributed by atoms with Crippen molar-refractivity contribution in [1.29, 1.82) is 0 Å². The second-order valence-electron chi connectivity index (χ2n) is 3.61. The van der Waals surface area contributed by atoms with E-state index in [0.29, 0.717) is 5.57 Å². The molecule has 0 saturated heterocycles. The Kier molecular flexibility index (Phi) is 7.25. The van der Waals surface area contributed by atoms with Crippen molar-refractivity contribution >= 4 is 11.9 Å². The number of methoxy groups -OCH3 is 2. The molecule has 0 aromatic heterocycles. The van der Waals surface area contributed by atoms with E-state index in [1.807, 2.05) is 6.92 Å². The molecule has 0 aliphatic heterocycles. The lowest BCUT2D eigenvalue weighted by Gasteiger charge is -2.09. The first kappa shape index (κ1) is 14.7. The van der Waals surface area contributed by atoms with Crippen LogP contribution in [0.3, 0.4) is 0 Å². The van der Waals surface area contributed by atoms with Crippen molar-refractivity contribution in [2.45, 2.75) is 39.5 Å². The fourth-order valence-electron chi connectivity index (χ4n) is 1.33. The smallest absolute Gasteiger partial charge is 0.334 e. The summed E-state index contributed by atoms with van der Waals surface area (Å²) in [5.74, 6) is -0.866. The molecule has 0 saturated carbocycles. The summed E-state index contributed by atoms with van der Waals surface area (Å²) in [7, 11) is 2.62.